The molecule has 0 amide bonds. The lowest BCUT2D eigenvalue weighted by Gasteiger charge is -2.07. The van der Waals surface area contributed by atoms with E-state index in [0.717, 1.165) is 0 Å². The molecule has 3 N–H and O–H groups in total. The van der Waals surface area contributed by atoms with Gasteiger partial charge in [-0.05, 0) is 12.1 Å². The summed E-state index contributed by atoms with van der Waals surface area (Å²) in [6, 6.07) is 4.92. The second kappa shape index (κ2) is 6.58. The topological polar surface area (TPSA) is 105 Å². The number of nitrogens with zero attached hydrogens (tertiary/aromatic N) is 1. The van der Waals surface area contributed by atoms with Crippen LogP contribution in [0.15, 0.2) is 35.1 Å². The molecule has 7 nitrogen and oxygen atoms in total. The van der Waals surface area contributed by atoms with Crippen LogP contribution >= 0.6 is 0 Å². The number of hydrogen-bond donors (Lipinski definition) is 3. The van der Waals surface area contributed by atoms with Crippen LogP contribution < -0.4 is 10.1 Å². The molecule has 0 spiro atoms. The van der Waals surface area contributed by atoms with Crippen LogP contribution in [0.4, 0.5) is 5.82 Å². The fraction of sp³-hybridized carbons (Fsp3) is 0.231. The van der Waals surface area contributed by atoms with E-state index in [1.807, 2.05) is 0 Å². The fourth-order valence-electron chi connectivity index (χ4n) is 1.61. The van der Waals surface area contributed by atoms with Gasteiger partial charge in [0, 0.05) is 24.4 Å². The SMILES string of the molecule is O=C(O)c1occc1CNc1cc(OCCO)ccn1. The molecule has 0 atom stereocenters. The lowest BCUT2D eigenvalue weighted by Crippen LogP contribution is -2.06. The van der Waals surface area contributed by atoms with Gasteiger partial charge in [0.1, 0.15) is 18.2 Å². The number of carbonyl (C=O) groups is 1. The van der Waals surface area contributed by atoms with Crippen molar-refractivity contribution in [2.24, 2.45) is 0 Å². The highest BCUT2D eigenvalue weighted by atomic mass is 16.5. The summed E-state index contributed by atoms with van der Waals surface area (Å²) in [6.07, 6.45) is 2.89. The highest BCUT2D eigenvalue weighted by Gasteiger charge is 2.13. The first kappa shape index (κ1) is 13.9. The minimum Gasteiger partial charge on any atom is -0.491 e. The van der Waals surface area contributed by atoms with Crippen LogP contribution in [0.5, 0.6) is 5.75 Å². The number of nitrogens with one attached hydrogen (secondary N) is 1. The molecule has 0 aromatic carbocycles. The van der Waals surface area contributed by atoms with E-state index >= 15 is 0 Å². The van der Waals surface area contributed by atoms with Gasteiger partial charge in [0.25, 0.3) is 0 Å². The molecule has 0 unspecified atom stereocenters. The van der Waals surface area contributed by atoms with Crippen LogP contribution in [0.2, 0.25) is 0 Å². The molecule has 0 aliphatic carbocycles. The highest BCUT2D eigenvalue weighted by molar-refractivity contribution is 5.86. The first-order valence-corrected chi connectivity index (χ1v) is 5.94. The Morgan fingerprint density at radius 1 is 1.45 bits per heavy atom. The number of aliphatic hydroxyl groups excluding tert-OH is 1. The van der Waals surface area contributed by atoms with Gasteiger partial charge in [-0.3, -0.25) is 0 Å². The molecule has 7 heteroatoms. The van der Waals surface area contributed by atoms with E-state index in [0.29, 0.717) is 17.1 Å². The quantitative estimate of drug-likeness (QED) is 0.702. The number of hydrogen-bond acceptors (Lipinski definition) is 6. The Hall–Kier alpha value is -2.54. The fourth-order valence-corrected chi connectivity index (χ4v) is 1.61. The lowest BCUT2D eigenvalue weighted by atomic mass is 10.2. The Balaban J connectivity index is 2.00. The number of furan rings is 1. The highest BCUT2D eigenvalue weighted by Crippen LogP contribution is 2.17. The Bertz CT molecular complexity index is 582. The Labute approximate surface area is 114 Å². The smallest absolute Gasteiger partial charge is 0.372 e. The maximum atomic E-state index is 10.9. The second-order valence-electron chi connectivity index (χ2n) is 3.88. The van der Waals surface area contributed by atoms with E-state index in [1.54, 1.807) is 24.4 Å². The van der Waals surface area contributed by atoms with Gasteiger partial charge >= 0.3 is 5.97 Å². The minimum atomic E-state index is -1.11. The van der Waals surface area contributed by atoms with E-state index < -0.39 is 5.97 Å². The van der Waals surface area contributed by atoms with Crippen molar-refractivity contribution in [2.45, 2.75) is 6.54 Å². The molecule has 2 aromatic rings. The number of aromatic carboxylic acids is 1. The van der Waals surface area contributed by atoms with Crippen LogP contribution in [-0.4, -0.2) is 34.4 Å². The zero-order valence-electron chi connectivity index (χ0n) is 10.6. The molecule has 0 fully saturated rings. The average molecular weight is 278 g/mol. The van der Waals surface area contributed by atoms with E-state index in [4.69, 9.17) is 19.4 Å². The monoisotopic (exact) mass is 278 g/mol. The van der Waals surface area contributed by atoms with Crippen LogP contribution in [0, 0.1) is 0 Å². The van der Waals surface area contributed by atoms with Crippen molar-refractivity contribution >= 4 is 11.8 Å². The number of ether oxygens (including phenoxy) is 1. The van der Waals surface area contributed by atoms with Crippen LogP contribution in [0.25, 0.3) is 0 Å². The number of pyridine rings is 1. The third-order valence-electron chi connectivity index (χ3n) is 2.49. The number of aromatic nitrogens is 1. The summed E-state index contributed by atoms with van der Waals surface area (Å²) in [6.45, 7) is 0.408. The maximum Gasteiger partial charge on any atom is 0.372 e. The summed E-state index contributed by atoms with van der Waals surface area (Å²) in [5.74, 6) is -0.0924. The summed E-state index contributed by atoms with van der Waals surface area (Å²) in [7, 11) is 0. The van der Waals surface area contributed by atoms with Crippen LogP contribution in [0.1, 0.15) is 16.1 Å². The molecular formula is C13H14N2O5. The third kappa shape index (κ3) is 3.48. The number of carboxylic acids is 1. The van der Waals surface area contributed by atoms with E-state index in [-0.39, 0.29) is 25.5 Å². The summed E-state index contributed by atoms with van der Waals surface area (Å²) in [5.41, 5.74) is 0.529. The molecule has 2 aromatic heterocycles. The minimum absolute atomic E-state index is 0.0674. The standard InChI is InChI=1S/C13H14N2O5/c16-4-6-19-10-1-3-14-11(7-10)15-8-9-2-5-20-12(9)13(17)18/h1-3,5,7,16H,4,6,8H2,(H,14,15)(H,17,18). The molecule has 0 saturated carbocycles. The number of anilines is 1. The molecule has 20 heavy (non-hydrogen) atoms. The molecule has 0 aliphatic heterocycles. The third-order valence-corrected chi connectivity index (χ3v) is 2.49. The summed E-state index contributed by atoms with van der Waals surface area (Å²) in [5, 5.41) is 20.6. The first-order chi connectivity index (χ1) is 9.70. The van der Waals surface area contributed by atoms with Gasteiger partial charge in [-0.1, -0.05) is 0 Å². The molecule has 0 saturated heterocycles. The van der Waals surface area contributed by atoms with Gasteiger partial charge in [0.05, 0.1) is 12.9 Å². The van der Waals surface area contributed by atoms with Gasteiger partial charge in [0.2, 0.25) is 5.76 Å². The molecule has 2 rings (SSSR count). The van der Waals surface area contributed by atoms with Crippen molar-refractivity contribution in [3.05, 3.63) is 42.0 Å². The lowest BCUT2D eigenvalue weighted by molar-refractivity contribution is 0.0661. The molecule has 2 heterocycles. The van der Waals surface area contributed by atoms with Crippen LogP contribution in [-0.2, 0) is 6.54 Å². The van der Waals surface area contributed by atoms with Crippen LogP contribution in [0.3, 0.4) is 0 Å². The Morgan fingerprint density at radius 2 is 2.30 bits per heavy atom. The molecule has 0 aliphatic rings. The van der Waals surface area contributed by atoms with Crippen molar-refractivity contribution in [3.63, 3.8) is 0 Å². The molecule has 106 valence electrons. The van der Waals surface area contributed by atoms with Crippen molar-refractivity contribution in [1.82, 2.24) is 4.98 Å². The predicted molar refractivity (Wildman–Crippen MR) is 69.8 cm³/mol. The van der Waals surface area contributed by atoms with Gasteiger partial charge in [0.15, 0.2) is 0 Å². The largest absolute Gasteiger partial charge is 0.491 e. The maximum absolute atomic E-state index is 10.9. The molecule has 0 bridgehead atoms. The summed E-state index contributed by atoms with van der Waals surface area (Å²) in [4.78, 5) is 15.0. The van der Waals surface area contributed by atoms with Gasteiger partial charge in [-0.15, -0.1) is 0 Å². The molecule has 0 radical (unpaired) electrons. The van der Waals surface area contributed by atoms with E-state index in [2.05, 4.69) is 10.3 Å². The zero-order chi connectivity index (χ0) is 14.4. The Morgan fingerprint density at radius 3 is 3.05 bits per heavy atom. The van der Waals surface area contributed by atoms with E-state index in [1.165, 1.54) is 6.26 Å². The number of aliphatic hydroxyl groups is 1. The number of rotatable bonds is 7. The zero-order valence-corrected chi connectivity index (χ0v) is 10.6. The van der Waals surface area contributed by atoms with Crippen molar-refractivity contribution in [1.29, 1.82) is 0 Å². The average Bonchev–Trinajstić information content (AvgIpc) is 2.92. The molecular weight excluding hydrogens is 264 g/mol. The van der Waals surface area contributed by atoms with Crippen molar-refractivity contribution < 1.29 is 24.2 Å². The first-order valence-electron chi connectivity index (χ1n) is 5.94. The normalized spacial score (nSPS) is 10.2. The Kier molecular flexibility index (Phi) is 4.56. The van der Waals surface area contributed by atoms with Gasteiger partial charge in [-0.2, -0.15) is 0 Å². The number of carboxylic acid groups (broad SMARTS) is 1. The van der Waals surface area contributed by atoms with Gasteiger partial charge < -0.3 is 24.7 Å². The van der Waals surface area contributed by atoms with Crippen molar-refractivity contribution in [2.75, 3.05) is 18.5 Å². The van der Waals surface area contributed by atoms with Crippen molar-refractivity contribution in [3.8, 4) is 5.75 Å². The van der Waals surface area contributed by atoms with Gasteiger partial charge in [-0.25, -0.2) is 9.78 Å². The second-order valence-corrected chi connectivity index (χ2v) is 3.88. The summed E-state index contributed by atoms with van der Waals surface area (Å²) >= 11 is 0. The predicted octanol–water partition coefficient (Wildman–Crippen LogP) is 1.36. The van der Waals surface area contributed by atoms with E-state index in [9.17, 15) is 4.79 Å². The summed E-state index contributed by atoms with van der Waals surface area (Å²) < 4.78 is 10.1.